The topological polar surface area (TPSA) is 53.3 Å². The van der Waals surface area contributed by atoms with Crippen molar-refractivity contribution in [2.24, 2.45) is 5.92 Å². The Morgan fingerprint density at radius 1 is 1.77 bits per heavy atom. The quantitative estimate of drug-likeness (QED) is 0.467. The number of hydrogen-bond donors (Lipinski definition) is 0. The molecule has 72 valence electrons. The van der Waals surface area contributed by atoms with Gasteiger partial charge >= 0.3 is 5.97 Å². The van der Waals surface area contributed by atoms with Crippen molar-refractivity contribution in [3.8, 4) is 6.19 Å². The smallest absolute Gasteiger partial charge is 0.329 e. The third kappa shape index (κ3) is 2.11. The van der Waals surface area contributed by atoms with Crippen LogP contribution in [0.1, 0.15) is 20.3 Å². The van der Waals surface area contributed by atoms with Gasteiger partial charge in [-0.2, -0.15) is 5.26 Å². The summed E-state index contributed by atoms with van der Waals surface area (Å²) in [6.07, 6.45) is 2.74. The van der Waals surface area contributed by atoms with E-state index in [1.165, 1.54) is 4.90 Å². The number of hydrogen-bond acceptors (Lipinski definition) is 4. The lowest BCUT2D eigenvalue weighted by atomic mass is 10.1. The molecule has 1 heterocycles. The van der Waals surface area contributed by atoms with Crippen LogP contribution in [0.4, 0.5) is 0 Å². The average molecular weight is 182 g/mol. The predicted molar refractivity (Wildman–Crippen MR) is 46.5 cm³/mol. The first kappa shape index (κ1) is 9.85. The van der Waals surface area contributed by atoms with Gasteiger partial charge in [-0.15, -0.1) is 0 Å². The van der Waals surface area contributed by atoms with E-state index in [-0.39, 0.29) is 12.0 Å². The Bertz CT molecular complexity index is 234. The van der Waals surface area contributed by atoms with Crippen molar-refractivity contribution < 1.29 is 9.53 Å². The summed E-state index contributed by atoms with van der Waals surface area (Å²) in [5, 5.41) is 8.74. The molecule has 0 bridgehead atoms. The molecule has 4 nitrogen and oxygen atoms in total. The molecule has 1 rings (SSSR count). The number of likely N-dealkylation sites (tertiary alicyclic amines) is 1. The summed E-state index contributed by atoms with van der Waals surface area (Å²) in [4.78, 5) is 12.8. The second-order valence-electron chi connectivity index (χ2n) is 3.36. The summed E-state index contributed by atoms with van der Waals surface area (Å²) in [6.45, 7) is 4.85. The third-order valence-electron chi connectivity index (χ3n) is 2.20. The van der Waals surface area contributed by atoms with E-state index >= 15 is 0 Å². The SMILES string of the molecule is CCOC(=O)C1CC(C)CN1C#N. The van der Waals surface area contributed by atoms with E-state index < -0.39 is 0 Å². The van der Waals surface area contributed by atoms with Crippen LogP contribution in [0.2, 0.25) is 0 Å². The summed E-state index contributed by atoms with van der Waals surface area (Å²) < 4.78 is 4.87. The maximum atomic E-state index is 11.3. The first-order valence-electron chi connectivity index (χ1n) is 4.52. The molecule has 2 unspecified atom stereocenters. The predicted octanol–water partition coefficient (Wildman–Crippen LogP) is 0.741. The van der Waals surface area contributed by atoms with Gasteiger partial charge in [0.05, 0.1) is 6.61 Å². The number of ether oxygens (including phenoxy) is 1. The summed E-state index contributed by atoms with van der Waals surface area (Å²) in [6, 6.07) is -0.347. The van der Waals surface area contributed by atoms with Crippen LogP contribution in [0.15, 0.2) is 0 Å². The normalized spacial score (nSPS) is 27.0. The van der Waals surface area contributed by atoms with Crippen molar-refractivity contribution in [1.29, 1.82) is 5.26 Å². The lowest BCUT2D eigenvalue weighted by Crippen LogP contribution is -2.33. The molecule has 0 spiro atoms. The largest absolute Gasteiger partial charge is 0.464 e. The second kappa shape index (κ2) is 4.13. The second-order valence-corrected chi connectivity index (χ2v) is 3.36. The van der Waals surface area contributed by atoms with Gasteiger partial charge in [0.1, 0.15) is 6.04 Å². The monoisotopic (exact) mass is 182 g/mol. The van der Waals surface area contributed by atoms with Gasteiger partial charge in [-0.1, -0.05) is 6.92 Å². The van der Waals surface area contributed by atoms with E-state index in [9.17, 15) is 4.79 Å². The molecule has 0 amide bonds. The number of nitriles is 1. The van der Waals surface area contributed by atoms with Crippen molar-refractivity contribution in [2.45, 2.75) is 26.3 Å². The molecule has 13 heavy (non-hydrogen) atoms. The van der Waals surface area contributed by atoms with Crippen molar-refractivity contribution >= 4 is 5.97 Å². The van der Waals surface area contributed by atoms with E-state index in [0.29, 0.717) is 19.1 Å². The standard InChI is InChI=1S/C9H14N2O2/c1-3-13-9(12)8-4-7(2)5-11(8)6-10/h7-8H,3-5H2,1-2H3. The zero-order valence-corrected chi connectivity index (χ0v) is 7.99. The molecule has 1 aliphatic rings. The van der Waals surface area contributed by atoms with Crippen LogP contribution in [0, 0.1) is 17.4 Å². The fourth-order valence-electron chi connectivity index (χ4n) is 1.62. The number of rotatable bonds is 2. The summed E-state index contributed by atoms with van der Waals surface area (Å²) >= 11 is 0. The molecule has 0 aliphatic carbocycles. The van der Waals surface area contributed by atoms with Gasteiger partial charge in [-0.05, 0) is 19.3 Å². The number of esters is 1. The van der Waals surface area contributed by atoms with Crippen molar-refractivity contribution in [2.75, 3.05) is 13.2 Å². The van der Waals surface area contributed by atoms with Crippen LogP contribution in [0.5, 0.6) is 0 Å². The number of carbonyl (C=O) groups excluding carboxylic acids is 1. The van der Waals surface area contributed by atoms with Crippen molar-refractivity contribution in [1.82, 2.24) is 4.90 Å². The highest BCUT2D eigenvalue weighted by Crippen LogP contribution is 2.22. The highest BCUT2D eigenvalue weighted by atomic mass is 16.5. The first-order chi connectivity index (χ1) is 6.19. The molecule has 0 aromatic heterocycles. The molecule has 0 saturated carbocycles. The Hall–Kier alpha value is -1.24. The third-order valence-corrected chi connectivity index (χ3v) is 2.20. The molecule has 1 saturated heterocycles. The van der Waals surface area contributed by atoms with Crippen LogP contribution in [-0.4, -0.2) is 30.1 Å². The lowest BCUT2D eigenvalue weighted by Gasteiger charge is -2.15. The van der Waals surface area contributed by atoms with Crippen LogP contribution < -0.4 is 0 Å². The minimum atomic E-state index is -0.347. The Kier molecular flexibility index (Phi) is 3.13. The molecule has 1 aliphatic heterocycles. The molecular formula is C9H14N2O2. The Morgan fingerprint density at radius 2 is 2.46 bits per heavy atom. The first-order valence-corrected chi connectivity index (χ1v) is 4.52. The molecule has 4 heteroatoms. The molecule has 0 aromatic rings. The molecular weight excluding hydrogens is 168 g/mol. The van der Waals surface area contributed by atoms with Gasteiger partial charge in [0.15, 0.2) is 6.19 Å². The molecule has 2 atom stereocenters. The summed E-state index contributed by atoms with van der Waals surface area (Å²) in [5.74, 6) is 0.127. The van der Waals surface area contributed by atoms with Crippen LogP contribution >= 0.6 is 0 Å². The van der Waals surface area contributed by atoms with Gasteiger partial charge in [0, 0.05) is 6.54 Å². The zero-order chi connectivity index (χ0) is 9.84. The molecule has 1 fully saturated rings. The van der Waals surface area contributed by atoms with Crippen LogP contribution in [-0.2, 0) is 9.53 Å². The maximum Gasteiger partial charge on any atom is 0.329 e. The van der Waals surface area contributed by atoms with E-state index in [1.807, 2.05) is 13.1 Å². The van der Waals surface area contributed by atoms with E-state index in [1.54, 1.807) is 6.92 Å². The van der Waals surface area contributed by atoms with Gasteiger partial charge < -0.3 is 4.74 Å². The van der Waals surface area contributed by atoms with E-state index in [0.717, 1.165) is 6.42 Å². The van der Waals surface area contributed by atoms with Crippen LogP contribution in [0.25, 0.3) is 0 Å². The van der Waals surface area contributed by atoms with E-state index in [2.05, 4.69) is 0 Å². The zero-order valence-electron chi connectivity index (χ0n) is 7.99. The molecule has 0 N–H and O–H groups in total. The fraction of sp³-hybridized carbons (Fsp3) is 0.778. The minimum absolute atomic E-state index is 0.270. The Balaban J connectivity index is 2.58. The Labute approximate surface area is 78.1 Å². The fourth-order valence-corrected chi connectivity index (χ4v) is 1.62. The van der Waals surface area contributed by atoms with Gasteiger partial charge in [-0.25, -0.2) is 4.79 Å². The molecule has 0 aromatic carbocycles. The summed E-state index contributed by atoms with van der Waals surface area (Å²) in [7, 11) is 0. The number of nitrogens with zero attached hydrogens (tertiary/aromatic N) is 2. The minimum Gasteiger partial charge on any atom is -0.464 e. The summed E-state index contributed by atoms with van der Waals surface area (Å²) in [5.41, 5.74) is 0. The lowest BCUT2D eigenvalue weighted by molar-refractivity contribution is -0.147. The van der Waals surface area contributed by atoms with E-state index in [4.69, 9.17) is 10.00 Å². The van der Waals surface area contributed by atoms with Crippen molar-refractivity contribution in [3.05, 3.63) is 0 Å². The van der Waals surface area contributed by atoms with Crippen LogP contribution in [0.3, 0.4) is 0 Å². The Morgan fingerprint density at radius 3 is 3.00 bits per heavy atom. The maximum absolute atomic E-state index is 11.3. The molecule has 0 radical (unpaired) electrons. The van der Waals surface area contributed by atoms with Crippen molar-refractivity contribution in [3.63, 3.8) is 0 Å². The number of carbonyl (C=O) groups is 1. The average Bonchev–Trinajstić information content (AvgIpc) is 2.47. The highest BCUT2D eigenvalue weighted by molar-refractivity contribution is 5.76. The van der Waals surface area contributed by atoms with Gasteiger partial charge in [-0.3, -0.25) is 4.90 Å². The van der Waals surface area contributed by atoms with Gasteiger partial charge in [0.25, 0.3) is 0 Å². The van der Waals surface area contributed by atoms with Gasteiger partial charge in [0.2, 0.25) is 0 Å². The highest BCUT2D eigenvalue weighted by Gasteiger charge is 2.35.